The summed E-state index contributed by atoms with van der Waals surface area (Å²) in [5.41, 5.74) is 2.56. The molecule has 0 unspecified atom stereocenters. The lowest BCUT2D eigenvalue weighted by Crippen LogP contribution is -2.52. The minimum Gasteiger partial charge on any atom is -0.340 e. The number of piperidine rings is 1. The van der Waals surface area contributed by atoms with Crippen LogP contribution >= 0.6 is 0 Å². The van der Waals surface area contributed by atoms with Gasteiger partial charge in [0.15, 0.2) is 0 Å². The third kappa shape index (κ3) is 4.84. The molecule has 2 aliphatic rings. The highest BCUT2D eigenvalue weighted by atomic mass is 32.2. The van der Waals surface area contributed by atoms with Gasteiger partial charge in [0.25, 0.3) is 0 Å². The largest absolute Gasteiger partial charge is 0.340 e. The topological polar surface area (TPSA) is 60.9 Å². The van der Waals surface area contributed by atoms with E-state index in [1.807, 2.05) is 4.90 Å². The Morgan fingerprint density at radius 2 is 1.73 bits per heavy atom. The maximum absolute atomic E-state index is 12.8. The third-order valence-electron chi connectivity index (χ3n) is 5.41. The first-order valence-electron chi connectivity index (χ1n) is 9.35. The summed E-state index contributed by atoms with van der Waals surface area (Å²) >= 11 is 0. The van der Waals surface area contributed by atoms with Gasteiger partial charge in [-0.1, -0.05) is 29.8 Å². The molecule has 1 amide bonds. The number of hydrogen-bond donors (Lipinski definition) is 0. The number of rotatable bonds is 4. The van der Waals surface area contributed by atoms with Crippen LogP contribution in [0.2, 0.25) is 0 Å². The zero-order chi connectivity index (χ0) is 18.7. The molecule has 1 aromatic rings. The van der Waals surface area contributed by atoms with Crippen LogP contribution in [-0.4, -0.2) is 74.0 Å². The number of benzene rings is 1. The second kappa shape index (κ2) is 8.06. The van der Waals surface area contributed by atoms with Crippen molar-refractivity contribution < 1.29 is 13.2 Å². The number of aryl methyl sites for hydroxylation is 1. The molecule has 0 aliphatic carbocycles. The van der Waals surface area contributed by atoms with Crippen molar-refractivity contribution in [2.75, 3.05) is 45.5 Å². The second-order valence-electron chi connectivity index (χ2n) is 7.55. The summed E-state index contributed by atoms with van der Waals surface area (Å²) in [6, 6.07) is 8.58. The van der Waals surface area contributed by atoms with Gasteiger partial charge >= 0.3 is 0 Å². The molecule has 144 valence electrons. The fraction of sp³-hybridized carbons (Fsp3) is 0.632. The highest BCUT2D eigenvalue weighted by Crippen LogP contribution is 2.21. The molecule has 0 bridgehead atoms. The van der Waals surface area contributed by atoms with Crippen molar-refractivity contribution in [2.24, 2.45) is 5.92 Å². The van der Waals surface area contributed by atoms with Crippen molar-refractivity contribution >= 4 is 15.9 Å². The van der Waals surface area contributed by atoms with Crippen LogP contribution in [0.5, 0.6) is 0 Å². The number of carbonyl (C=O) groups is 1. The number of amides is 1. The molecule has 3 rings (SSSR count). The first kappa shape index (κ1) is 19.3. The van der Waals surface area contributed by atoms with Gasteiger partial charge in [0, 0.05) is 45.8 Å². The van der Waals surface area contributed by atoms with Crippen molar-refractivity contribution in [1.29, 1.82) is 0 Å². The highest BCUT2D eigenvalue weighted by molar-refractivity contribution is 7.88. The first-order chi connectivity index (χ1) is 12.3. The van der Waals surface area contributed by atoms with Gasteiger partial charge < -0.3 is 4.90 Å². The third-order valence-corrected chi connectivity index (χ3v) is 6.68. The Labute approximate surface area is 156 Å². The van der Waals surface area contributed by atoms with Crippen LogP contribution in [0.25, 0.3) is 0 Å². The van der Waals surface area contributed by atoms with Gasteiger partial charge in [-0.25, -0.2) is 12.7 Å². The number of sulfonamides is 1. The van der Waals surface area contributed by atoms with Crippen molar-refractivity contribution in [3.63, 3.8) is 0 Å². The van der Waals surface area contributed by atoms with Gasteiger partial charge in [-0.2, -0.15) is 0 Å². The Kier molecular flexibility index (Phi) is 5.99. The lowest BCUT2D eigenvalue weighted by molar-refractivity contribution is -0.138. The lowest BCUT2D eigenvalue weighted by atomic mass is 9.97. The minimum atomic E-state index is -3.22. The van der Waals surface area contributed by atoms with Crippen LogP contribution in [0, 0.1) is 12.8 Å². The van der Waals surface area contributed by atoms with Gasteiger partial charge in [0.05, 0.1) is 12.2 Å². The maximum atomic E-state index is 12.8. The van der Waals surface area contributed by atoms with Gasteiger partial charge in [-0.3, -0.25) is 9.69 Å². The van der Waals surface area contributed by atoms with Crippen LogP contribution < -0.4 is 0 Å². The summed E-state index contributed by atoms with van der Waals surface area (Å²) in [5.74, 6) is -0.0736. The highest BCUT2D eigenvalue weighted by Gasteiger charge is 2.33. The Hall–Kier alpha value is -1.44. The molecular weight excluding hydrogens is 350 g/mol. The van der Waals surface area contributed by atoms with E-state index in [1.165, 1.54) is 21.7 Å². The number of nitrogens with zero attached hydrogens (tertiary/aromatic N) is 3. The molecule has 2 saturated heterocycles. The van der Waals surface area contributed by atoms with Gasteiger partial charge in [-0.15, -0.1) is 0 Å². The average molecular weight is 380 g/mol. The summed E-state index contributed by atoms with van der Waals surface area (Å²) in [5, 5.41) is 0. The predicted molar refractivity (Wildman–Crippen MR) is 102 cm³/mol. The van der Waals surface area contributed by atoms with Gasteiger partial charge in [0.1, 0.15) is 0 Å². The smallest absolute Gasteiger partial charge is 0.227 e. The molecule has 7 heteroatoms. The first-order valence-corrected chi connectivity index (χ1v) is 11.2. The summed E-state index contributed by atoms with van der Waals surface area (Å²) < 4.78 is 25.0. The van der Waals surface area contributed by atoms with Crippen molar-refractivity contribution in [1.82, 2.24) is 14.1 Å². The molecule has 0 aromatic heterocycles. The van der Waals surface area contributed by atoms with Crippen LogP contribution in [0.4, 0.5) is 0 Å². The van der Waals surface area contributed by atoms with E-state index in [0.29, 0.717) is 13.1 Å². The van der Waals surface area contributed by atoms with E-state index in [0.717, 1.165) is 45.6 Å². The Morgan fingerprint density at radius 1 is 1.08 bits per heavy atom. The molecule has 2 aliphatic heterocycles. The molecule has 26 heavy (non-hydrogen) atoms. The van der Waals surface area contributed by atoms with Crippen LogP contribution in [-0.2, 0) is 21.4 Å². The van der Waals surface area contributed by atoms with Crippen LogP contribution in [0.3, 0.4) is 0 Å². The number of piperazine rings is 1. The summed E-state index contributed by atoms with van der Waals surface area (Å²) in [6.45, 7) is 7.04. The molecule has 0 saturated carbocycles. The normalized spacial score (nSPS) is 23.2. The van der Waals surface area contributed by atoms with E-state index in [9.17, 15) is 13.2 Å². The number of carbonyl (C=O) groups excluding carboxylic acids is 1. The minimum absolute atomic E-state index is 0.119. The van der Waals surface area contributed by atoms with Crippen LogP contribution in [0.15, 0.2) is 24.3 Å². The predicted octanol–water partition coefficient (Wildman–Crippen LogP) is 1.31. The Bertz CT molecular complexity index is 725. The van der Waals surface area contributed by atoms with Crippen molar-refractivity contribution in [3.05, 3.63) is 35.4 Å². The second-order valence-corrected chi connectivity index (χ2v) is 9.53. The molecule has 6 nitrogen and oxygen atoms in total. The SMILES string of the molecule is Cc1ccc(CN2CCN(C(=O)[C@@H]3CCCN(S(C)(=O)=O)C3)CC2)cc1. The monoisotopic (exact) mass is 379 g/mol. The molecule has 0 N–H and O–H groups in total. The summed E-state index contributed by atoms with van der Waals surface area (Å²) in [6.07, 6.45) is 2.77. The van der Waals surface area contributed by atoms with Gasteiger partial charge in [0.2, 0.25) is 15.9 Å². The Balaban J connectivity index is 1.51. The Morgan fingerprint density at radius 3 is 2.35 bits per heavy atom. The summed E-state index contributed by atoms with van der Waals surface area (Å²) in [4.78, 5) is 17.1. The van der Waals surface area contributed by atoms with Crippen molar-refractivity contribution in [2.45, 2.75) is 26.3 Å². The lowest BCUT2D eigenvalue weighted by Gasteiger charge is -2.38. The van der Waals surface area contributed by atoms with E-state index in [4.69, 9.17) is 0 Å². The standard InChI is InChI=1S/C19H29N3O3S/c1-16-5-7-17(8-6-16)14-20-10-12-21(13-11-20)19(23)18-4-3-9-22(15-18)26(2,24)25/h5-8,18H,3-4,9-15H2,1-2H3/t18-/m1/s1. The van der Waals surface area contributed by atoms with Gasteiger partial charge in [-0.05, 0) is 25.3 Å². The van der Waals surface area contributed by atoms with E-state index in [-0.39, 0.29) is 11.8 Å². The molecule has 1 atom stereocenters. The molecule has 1 aromatic carbocycles. The van der Waals surface area contributed by atoms with E-state index >= 15 is 0 Å². The zero-order valence-electron chi connectivity index (χ0n) is 15.7. The fourth-order valence-electron chi connectivity index (χ4n) is 3.78. The molecule has 0 radical (unpaired) electrons. The van der Waals surface area contributed by atoms with E-state index < -0.39 is 10.0 Å². The van der Waals surface area contributed by atoms with Crippen molar-refractivity contribution in [3.8, 4) is 0 Å². The maximum Gasteiger partial charge on any atom is 0.227 e. The van der Waals surface area contributed by atoms with Crippen LogP contribution in [0.1, 0.15) is 24.0 Å². The number of hydrogen-bond acceptors (Lipinski definition) is 4. The quantitative estimate of drug-likeness (QED) is 0.791. The fourth-order valence-corrected chi connectivity index (χ4v) is 4.69. The zero-order valence-corrected chi connectivity index (χ0v) is 16.5. The molecule has 2 heterocycles. The average Bonchev–Trinajstić information content (AvgIpc) is 2.63. The van der Waals surface area contributed by atoms with E-state index in [2.05, 4.69) is 36.1 Å². The molecule has 2 fully saturated rings. The molecule has 0 spiro atoms. The van der Waals surface area contributed by atoms with E-state index in [1.54, 1.807) is 0 Å². The summed E-state index contributed by atoms with van der Waals surface area (Å²) in [7, 11) is -3.22. The molecular formula is C19H29N3O3S.